The van der Waals surface area contributed by atoms with Crippen LogP contribution < -0.4 is 0 Å². The molecule has 0 aromatic carbocycles. The highest BCUT2D eigenvalue weighted by molar-refractivity contribution is 5.95. The first-order valence-electron chi connectivity index (χ1n) is 5.82. The van der Waals surface area contributed by atoms with Crippen molar-refractivity contribution in [2.45, 2.75) is 26.7 Å². The fourth-order valence-corrected chi connectivity index (χ4v) is 1.18. The number of esters is 1. The maximum Gasteiger partial charge on any atom is 0.334 e. The number of likely N-dealkylation sites (N-methyl/N-ethyl adjacent to an activating group) is 1. The van der Waals surface area contributed by atoms with Crippen LogP contribution in [0.15, 0.2) is 11.6 Å². The van der Waals surface area contributed by atoms with E-state index >= 15 is 0 Å². The fraction of sp³-hybridized carbons (Fsp3) is 0.615. The summed E-state index contributed by atoms with van der Waals surface area (Å²) in [6.07, 6.45) is 1.63. The van der Waals surface area contributed by atoms with Crippen LogP contribution in [0.4, 0.5) is 0 Å². The highest BCUT2D eigenvalue weighted by Crippen LogP contribution is 2.07. The van der Waals surface area contributed by atoms with E-state index in [4.69, 9.17) is 4.74 Å². The predicted molar refractivity (Wildman–Crippen MR) is 68.2 cm³/mol. The van der Waals surface area contributed by atoms with Gasteiger partial charge < -0.3 is 9.64 Å². The number of hydrogen-bond donors (Lipinski definition) is 0. The SMILES string of the molecule is CC(=O)CC=C(CC(C)=O)C(=O)OCCN(C)C. The fourth-order valence-electron chi connectivity index (χ4n) is 1.18. The van der Waals surface area contributed by atoms with Crippen molar-refractivity contribution < 1.29 is 19.1 Å². The summed E-state index contributed by atoms with van der Waals surface area (Å²) >= 11 is 0. The van der Waals surface area contributed by atoms with Gasteiger partial charge in [0.15, 0.2) is 0 Å². The Morgan fingerprint density at radius 1 is 1.11 bits per heavy atom. The summed E-state index contributed by atoms with van der Waals surface area (Å²) < 4.78 is 5.04. The van der Waals surface area contributed by atoms with Gasteiger partial charge in [0, 0.05) is 25.0 Å². The Kier molecular flexibility index (Phi) is 7.87. The molecule has 0 heterocycles. The van der Waals surface area contributed by atoms with Gasteiger partial charge in [-0.05, 0) is 27.9 Å². The molecule has 0 aliphatic rings. The van der Waals surface area contributed by atoms with Gasteiger partial charge in [-0.3, -0.25) is 9.59 Å². The van der Waals surface area contributed by atoms with Crippen LogP contribution in [0.2, 0.25) is 0 Å². The highest BCUT2D eigenvalue weighted by Gasteiger charge is 2.13. The van der Waals surface area contributed by atoms with Crippen molar-refractivity contribution in [3.63, 3.8) is 0 Å². The van der Waals surface area contributed by atoms with Crippen LogP contribution in [0.1, 0.15) is 26.7 Å². The molecule has 0 aliphatic carbocycles. The van der Waals surface area contributed by atoms with Gasteiger partial charge in [-0.2, -0.15) is 0 Å². The molecule has 0 unspecified atom stereocenters. The first kappa shape index (κ1) is 16.5. The minimum absolute atomic E-state index is 0.00801. The minimum Gasteiger partial charge on any atom is -0.461 e. The van der Waals surface area contributed by atoms with E-state index in [1.165, 1.54) is 19.9 Å². The molecule has 0 N–H and O–H groups in total. The van der Waals surface area contributed by atoms with Gasteiger partial charge in [0.1, 0.15) is 18.2 Å². The number of hydrogen-bond acceptors (Lipinski definition) is 5. The number of allylic oxidation sites excluding steroid dienone is 1. The van der Waals surface area contributed by atoms with Crippen LogP contribution in [0, 0.1) is 0 Å². The largest absolute Gasteiger partial charge is 0.461 e. The molecule has 0 spiro atoms. The van der Waals surface area contributed by atoms with E-state index < -0.39 is 5.97 Å². The number of ether oxygens (including phenoxy) is 1. The van der Waals surface area contributed by atoms with Gasteiger partial charge in [-0.1, -0.05) is 6.08 Å². The van der Waals surface area contributed by atoms with Crippen molar-refractivity contribution >= 4 is 17.5 Å². The maximum absolute atomic E-state index is 11.7. The summed E-state index contributed by atoms with van der Waals surface area (Å²) in [5, 5.41) is 0. The molecule has 5 nitrogen and oxygen atoms in total. The minimum atomic E-state index is -0.520. The zero-order valence-corrected chi connectivity index (χ0v) is 11.5. The zero-order chi connectivity index (χ0) is 14.1. The summed E-state index contributed by atoms with van der Waals surface area (Å²) in [5.74, 6) is -0.709. The second-order valence-corrected chi connectivity index (χ2v) is 4.45. The van der Waals surface area contributed by atoms with E-state index in [0.29, 0.717) is 6.54 Å². The Morgan fingerprint density at radius 2 is 1.72 bits per heavy atom. The average Bonchev–Trinajstić information content (AvgIpc) is 2.22. The highest BCUT2D eigenvalue weighted by atomic mass is 16.5. The van der Waals surface area contributed by atoms with E-state index in [1.54, 1.807) is 0 Å². The number of Topliss-reactive ketones (excluding diaryl/α,β-unsaturated/α-hetero) is 2. The normalized spacial score (nSPS) is 11.5. The van der Waals surface area contributed by atoms with Crippen LogP contribution in [-0.2, 0) is 19.1 Å². The molecule has 0 aromatic heterocycles. The maximum atomic E-state index is 11.7. The van der Waals surface area contributed by atoms with Crippen LogP contribution in [-0.4, -0.2) is 49.7 Å². The molecule has 18 heavy (non-hydrogen) atoms. The van der Waals surface area contributed by atoms with Crippen LogP contribution in [0.3, 0.4) is 0 Å². The summed E-state index contributed by atoms with van der Waals surface area (Å²) in [6, 6.07) is 0. The monoisotopic (exact) mass is 255 g/mol. The Balaban J connectivity index is 4.45. The smallest absolute Gasteiger partial charge is 0.334 e. The molecule has 0 bridgehead atoms. The molecular weight excluding hydrogens is 234 g/mol. The molecule has 0 saturated heterocycles. The van der Waals surface area contributed by atoms with Crippen molar-refractivity contribution in [1.82, 2.24) is 4.90 Å². The number of carbonyl (C=O) groups is 3. The molecule has 102 valence electrons. The third-order valence-electron chi connectivity index (χ3n) is 2.11. The Hall–Kier alpha value is -1.49. The van der Waals surface area contributed by atoms with Gasteiger partial charge >= 0.3 is 5.97 Å². The van der Waals surface area contributed by atoms with E-state index in [9.17, 15) is 14.4 Å². The van der Waals surface area contributed by atoms with Crippen LogP contribution >= 0.6 is 0 Å². The molecule has 0 aromatic rings. The molecule has 0 radical (unpaired) electrons. The number of ketones is 2. The van der Waals surface area contributed by atoms with Gasteiger partial charge in [0.25, 0.3) is 0 Å². The molecule has 0 rings (SSSR count). The topological polar surface area (TPSA) is 63.7 Å². The summed E-state index contributed by atoms with van der Waals surface area (Å²) in [7, 11) is 3.74. The first-order chi connectivity index (χ1) is 8.32. The Labute approximate surface area is 108 Å². The number of carbonyl (C=O) groups excluding carboxylic acids is 3. The quantitative estimate of drug-likeness (QED) is 0.478. The Bertz CT molecular complexity index is 345. The van der Waals surface area contributed by atoms with Gasteiger partial charge in [-0.15, -0.1) is 0 Å². The lowest BCUT2D eigenvalue weighted by Crippen LogP contribution is -2.21. The first-order valence-corrected chi connectivity index (χ1v) is 5.82. The van der Waals surface area contributed by atoms with Gasteiger partial charge in [0.2, 0.25) is 0 Å². The van der Waals surface area contributed by atoms with E-state index in [1.807, 2.05) is 19.0 Å². The zero-order valence-electron chi connectivity index (χ0n) is 11.5. The Morgan fingerprint density at radius 3 is 2.17 bits per heavy atom. The summed E-state index contributed by atoms with van der Waals surface area (Å²) in [5.41, 5.74) is 0.261. The number of nitrogens with zero attached hydrogens (tertiary/aromatic N) is 1. The van der Waals surface area contributed by atoms with Crippen LogP contribution in [0.25, 0.3) is 0 Å². The van der Waals surface area contributed by atoms with Crippen molar-refractivity contribution in [2.24, 2.45) is 0 Å². The molecule has 0 fully saturated rings. The predicted octanol–water partition coefficient (Wildman–Crippen LogP) is 0.976. The molecule has 0 amide bonds. The third-order valence-corrected chi connectivity index (χ3v) is 2.11. The lowest BCUT2D eigenvalue weighted by molar-refractivity contribution is -0.140. The summed E-state index contributed by atoms with van der Waals surface area (Å²) in [4.78, 5) is 35.5. The van der Waals surface area contributed by atoms with Gasteiger partial charge in [-0.25, -0.2) is 4.79 Å². The van der Waals surface area contributed by atoms with Crippen LogP contribution in [0.5, 0.6) is 0 Å². The number of rotatable bonds is 8. The third kappa shape index (κ3) is 8.64. The molecule has 5 heteroatoms. The lowest BCUT2D eigenvalue weighted by Gasteiger charge is -2.11. The standard InChI is InChI=1S/C13H21NO4/c1-10(15)5-6-12(9-11(2)16)13(17)18-8-7-14(3)4/h6H,5,7-9H2,1-4H3. The van der Waals surface area contributed by atoms with Crippen molar-refractivity contribution in [3.8, 4) is 0 Å². The van der Waals surface area contributed by atoms with E-state index in [2.05, 4.69) is 0 Å². The molecule has 0 saturated carbocycles. The van der Waals surface area contributed by atoms with E-state index in [-0.39, 0.29) is 36.6 Å². The van der Waals surface area contributed by atoms with Crippen molar-refractivity contribution in [3.05, 3.63) is 11.6 Å². The second kappa shape index (κ2) is 8.58. The average molecular weight is 255 g/mol. The second-order valence-electron chi connectivity index (χ2n) is 4.45. The lowest BCUT2D eigenvalue weighted by atomic mass is 10.1. The summed E-state index contributed by atoms with van der Waals surface area (Å²) in [6.45, 7) is 3.71. The van der Waals surface area contributed by atoms with Crippen molar-refractivity contribution in [1.29, 1.82) is 0 Å². The van der Waals surface area contributed by atoms with Crippen molar-refractivity contribution in [2.75, 3.05) is 27.2 Å². The molecular formula is C13H21NO4. The van der Waals surface area contributed by atoms with E-state index in [0.717, 1.165) is 0 Å². The molecule has 0 aliphatic heterocycles. The van der Waals surface area contributed by atoms with Gasteiger partial charge in [0.05, 0.1) is 0 Å². The molecule has 0 atom stereocenters.